The van der Waals surface area contributed by atoms with Gasteiger partial charge >= 0.3 is 6.36 Å². The first-order chi connectivity index (χ1) is 13.3. The van der Waals surface area contributed by atoms with E-state index in [4.69, 9.17) is 5.26 Å². The van der Waals surface area contributed by atoms with E-state index in [0.717, 1.165) is 0 Å². The fourth-order valence-corrected chi connectivity index (χ4v) is 2.83. The van der Waals surface area contributed by atoms with Gasteiger partial charge in [-0.05, 0) is 48.5 Å². The molecule has 0 aliphatic heterocycles. The molecule has 1 aromatic heterocycles. The van der Waals surface area contributed by atoms with Crippen LogP contribution in [0, 0.1) is 11.3 Å². The summed E-state index contributed by atoms with van der Waals surface area (Å²) in [5.41, 5.74) is 1.66. The van der Waals surface area contributed by atoms with E-state index in [1.165, 1.54) is 35.6 Å². The van der Waals surface area contributed by atoms with Crippen LogP contribution in [0.2, 0.25) is 0 Å². The molecule has 0 aliphatic carbocycles. The molecule has 0 aliphatic rings. The van der Waals surface area contributed by atoms with E-state index >= 15 is 0 Å². The number of anilines is 3. The lowest BCUT2D eigenvalue weighted by Crippen LogP contribution is -2.16. The van der Waals surface area contributed by atoms with E-state index in [1.54, 1.807) is 29.6 Å². The quantitative estimate of drug-likeness (QED) is 0.631. The second-order valence-electron chi connectivity index (χ2n) is 5.38. The summed E-state index contributed by atoms with van der Waals surface area (Å²) in [5, 5.41) is 16.3. The molecule has 0 radical (unpaired) electrons. The number of thiazole rings is 1. The maximum atomic E-state index is 12.2. The van der Waals surface area contributed by atoms with Crippen molar-refractivity contribution in [2.75, 3.05) is 10.6 Å². The van der Waals surface area contributed by atoms with Crippen molar-refractivity contribution < 1.29 is 22.7 Å². The molecule has 28 heavy (non-hydrogen) atoms. The molecule has 142 valence electrons. The van der Waals surface area contributed by atoms with E-state index in [1.807, 2.05) is 6.07 Å². The molecule has 6 nitrogen and oxygen atoms in total. The van der Waals surface area contributed by atoms with E-state index in [2.05, 4.69) is 20.4 Å². The van der Waals surface area contributed by atoms with Gasteiger partial charge in [-0.1, -0.05) is 0 Å². The third-order valence-corrected chi connectivity index (χ3v) is 4.11. The molecule has 1 heterocycles. The lowest BCUT2D eigenvalue weighted by atomic mass is 10.2. The Morgan fingerprint density at radius 3 is 2.32 bits per heavy atom. The van der Waals surface area contributed by atoms with Gasteiger partial charge in [0.15, 0.2) is 5.13 Å². The number of ether oxygens (including phenoxy) is 1. The number of aromatic nitrogens is 1. The van der Waals surface area contributed by atoms with Crippen molar-refractivity contribution in [3.05, 3.63) is 65.2 Å². The van der Waals surface area contributed by atoms with Crippen molar-refractivity contribution in [1.82, 2.24) is 4.98 Å². The average molecular weight is 404 g/mol. The first-order valence-corrected chi connectivity index (χ1v) is 8.60. The van der Waals surface area contributed by atoms with Crippen LogP contribution in [0.4, 0.5) is 29.7 Å². The fraction of sp³-hybridized carbons (Fsp3) is 0.0556. The van der Waals surface area contributed by atoms with E-state index in [-0.39, 0.29) is 11.4 Å². The summed E-state index contributed by atoms with van der Waals surface area (Å²) in [4.78, 5) is 16.4. The van der Waals surface area contributed by atoms with Gasteiger partial charge in [0.1, 0.15) is 11.4 Å². The number of rotatable bonds is 5. The van der Waals surface area contributed by atoms with Crippen LogP contribution in [0.5, 0.6) is 5.75 Å². The largest absolute Gasteiger partial charge is 0.573 e. The van der Waals surface area contributed by atoms with Crippen LogP contribution in [0.25, 0.3) is 0 Å². The Kier molecular flexibility index (Phi) is 5.47. The minimum Gasteiger partial charge on any atom is -0.406 e. The number of hydrogen-bond acceptors (Lipinski definition) is 6. The number of benzene rings is 2. The topological polar surface area (TPSA) is 87.0 Å². The Balaban J connectivity index is 1.61. The molecule has 2 aromatic carbocycles. The normalized spacial score (nSPS) is 10.8. The third-order valence-electron chi connectivity index (χ3n) is 3.35. The van der Waals surface area contributed by atoms with Gasteiger partial charge in [0.2, 0.25) is 0 Å². The van der Waals surface area contributed by atoms with Crippen molar-refractivity contribution in [1.29, 1.82) is 5.26 Å². The molecular weight excluding hydrogens is 393 g/mol. The maximum absolute atomic E-state index is 12.2. The van der Waals surface area contributed by atoms with Crippen molar-refractivity contribution in [3.8, 4) is 11.8 Å². The highest BCUT2D eigenvalue weighted by atomic mass is 32.1. The minimum atomic E-state index is -4.75. The van der Waals surface area contributed by atoms with Gasteiger partial charge in [-0.25, -0.2) is 4.98 Å². The molecule has 0 fully saturated rings. The molecule has 0 bridgehead atoms. The summed E-state index contributed by atoms with van der Waals surface area (Å²) in [7, 11) is 0. The van der Waals surface area contributed by atoms with Gasteiger partial charge in [0.05, 0.1) is 11.6 Å². The lowest BCUT2D eigenvalue weighted by Gasteiger charge is -2.09. The second-order valence-corrected chi connectivity index (χ2v) is 6.24. The minimum absolute atomic E-state index is 0.175. The SMILES string of the molecule is N#Cc1ccc(NC(=O)c2csc(Nc3ccc(OC(F)(F)F)cc3)n2)cc1. The van der Waals surface area contributed by atoms with Gasteiger partial charge in [-0.15, -0.1) is 24.5 Å². The number of halogens is 3. The van der Waals surface area contributed by atoms with Crippen molar-refractivity contribution >= 4 is 33.8 Å². The Morgan fingerprint density at radius 1 is 1.07 bits per heavy atom. The first-order valence-electron chi connectivity index (χ1n) is 7.72. The molecular formula is C18H11F3N4O2S. The number of alkyl halides is 3. The summed E-state index contributed by atoms with van der Waals surface area (Å²) in [5.74, 6) is -0.761. The van der Waals surface area contributed by atoms with Crippen LogP contribution < -0.4 is 15.4 Å². The van der Waals surface area contributed by atoms with Crippen LogP contribution in [0.15, 0.2) is 53.9 Å². The smallest absolute Gasteiger partial charge is 0.406 e. The Bertz CT molecular complexity index is 1010. The average Bonchev–Trinajstić information content (AvgIpc) is 3.11. The van der Waals surface area contributed by atoms with Crippen molar-refractivity contribution in [2.45, 2.75) is 6.36 Å². The molecule has 2 N–H and O–H groups in total. The van der Waals surface area contributed by atoms with Crippen LogP contribution in [0.1, 0.15) is 16.1 Å². The van der Waals surface area contributed by atoms with Crippen LogP contribution in [0.3, 0.4) is 0 Å². The van der Waals surface area contributed by atoms with E-state index < -0.39 is 12.3 Å². The van der Waals surface area contributed by atoms with E-state index in [9.17, 15) is 18.0 Å². The number of carbonyl (C=O) groups is 1. The predicted molar refractivity (Wildman–Crippen MR) is 97.6 cm³/mol. The highest BCUT2D eigenvalue weighted by molar-refractivity contribution is 7.14. The van der Waals surface area contributed by atoms with Gasteiger partial charge in [-0.2, -0.15) is 5.26 Å². The molecule has 10 heteroatoms. The molecule has 1 amide bonds. The van der Waals surface area contributed by atoms with Crippen molar-refractivity contribution in [2.24, 2.45) is 0 Å². The summed E-state index contributed by atoms with van der Waals surface area (Å²) in [6.07, 6.45) is -4.75. The highest BCUT2D eigenvalue weighted by Crippen LogP contribution is 2.26. The van der Waals surface area contributed by atoms with Gasteiger partial charge < -0.3 is 15.4 Å². The van der Waals surface area contributed by atoms with Crippen molar-refractivity contribution in [3.63, 3.8) is 0 Å². The van der Waals surface area contributed by atoms with Crippen LogP contribution in [-0.2, 0) is 0 Å². The summed E-state index contributed by atoms with van der Waals surface area (Å²) < 4.78 is 40.3. The van der Waals surface area contributed by atoms with Gasteiger partial charge in [0, 0.05) is 16.8 Å². The standard InChI is InChI=1S/C18H11F3N4O2S/c19-18(20,21)27-14-7-5-13(6-8-14)24-17-25-15(10-28-17)16(26)23-12-3-1-11(9-22)2-4-12/h1-8,10H,(H,23,26)(H,24,25). The summed E-state index contributed by atoms with van der Waals surface area (Å²) in [6.45, 7) is 0. The zero-order valence-corrected chi connectivity index (χ0v) is 14.8. The zero-order valence-electron chi connectivity index (χ0n) is 13.9. The summed E-state index contributed by atoms with van der Waals surface area (Å²) >= 11 is 1.17. The molecule has 3 aromatic rings. The Morgan fingerprint density at radius 2 is 1.71 bits per heavy atom. The number of nitriles is 1. The zero-order chi connectivity index (χ0) is 20.1. The van der Waals surface area contributed by atoms with Crippen LogP contribution >= 0.6 is 11.3 Å². The number of hydrogen-bond donors (Lipinski definition) is 2. The first kappa shape index (κ1) is 19.2. The fourth-order valence-electron chi connectivity index (χ4n) is 2.12. The number of carbonyl (C=O) groups excluding carboxylic acids is 1. The summed E-state index contributed by atoms with van der Waals surface area (Å²) in [6, 6.07) is 13.5. The molecule has 0 saturated heterocycles. The van der Waals surface area contributed by atoms with Crippen LogP contribution in [-0.4, -0.2) is 17.3 Å². The number of amides is 1. The predicted octanol–water partition coefficient (Wildman–Crippen LogP) is 4.91. The molecule has 0 unspecified atom stereocenters. The molecule has 3 rings (SSSR count). The Labute approximate surface area is 161 Å². The molecule has 0 atom stereocenters. The van der Waals surface area contributed by atoms with Gasteiger partial charge in [-0.3, -0.25) is 4.79 Å². The molecule has 0 spiro atoms. The Hall–Kier alpha value is -3.58. The molecule has 0 saturated carbocycles. The maximum Gasteiger partial charge on any atom is 0.573 e. The second kappa shape index (κ2) is 7.98. The van der Waals surface area contributed by atoms with E-state index in [0.29, 0.717) is 22.1 Å². The lowest BCUT2D eigenvalue weighted by molar-refractivity contribution is -0.274. The monoisotopic (exact) mass is 404 g/mol. The van der Waals surface area contributed by atoms with Gasteiger partial charge in [0.25, 0.3) is 5.91 Å². The number of nitrogens with zero attached hydrogens (tertiary/aromatic N) is 2. The third kappa shape index (κ3) is 5.21. The highest BCUT2D eigenvalue weighted by Gasteiger charge is 2.30. The number of nitrogens with one attached hydrogen (secondary N) is 2.